The van der Waals surface area contributed by atoms with Crippen molar-refractivity contribution in [2.24, 2.45) is 0 Å². The first-order valence-corrected chi connectivity index (χ1v) is 7.73. The summed E-state index contributed by atoms with van der Waals surface area (Å²) in [5.74, 6) is 6.25. The number of methoxy groups -OCH3 is 1. The molecule has 0 aliphatic rings. The number of nitrogens with one attached hydrogen (secondary N) is 1. The molecule has 0 radical (unpaired) electrons. The number of carbonyl (C=O) groups is 1. The summed E-state index contributed by atoms with van der Waals surface area (Å²) in [6, 6.07) is 7.39. The number of carbonyl (C=O) groups excluding carboxylic acids is 1. The first-order valence-electron chi connectivity index (χ1n) is 6.75. The second-order valence-electron chi connectivity index (χ2n) is 4.66. The lowest BCUT2D eigenvalue weighted by molar-refractivity contribution is -0.118. The quantitative estimate of drug-likeness (QED) is 0.568. The second kappa shape index (κ2) is 7.63. The molecule has 0 saturated heterocycles. The van der Waals surface area contributed by atoms with E-state index in [-0.39, 0.29) is 22.5 Å². The molecule has 0 bridgehead atoms. The molecule has 9 heteroatoms. The molecule has 0 aliphatic carbocycles. The molecular formula is C14H17N5O3S. The van der Waals surface area contributed by atoms with Gasteiger partial charge < -0.3 is 15.9 Å². The fraction of sp³-hybridized carbons (Fsp3) is 0.286. The molecule has 2 aromatic rings. The lowest BCUT2D eigenvalue weighted by Crippen LogP contribution is -2.33. The van der Waals surface area contributed by atoms with Crippen LogP contribution in [0.1, 0.15) is 11.3 Å². The van der Waals surface area contributed by atoms with Gasteiger partial charge in [-0.05, 0) is 24.6 Å². The van der Waals surface area contributed by atoms with Gasteiger partial charge >= 0.3 is 0 Å². The van der Waals surface area contributed by atoms with Gasteiger partial charge in [0.15, 0.2) is 0 Å². The molecule has 3 N–H and O–H groups in total. The minimum Gasteiger partial charge on any atom is -0.497 e. The number of rotatable bonds is 6. The lowest BCUT2D eigenvalue weighted by atomic mass is 10.2. The minimum absolute atomic E-state index is 0.0878. The molecule has 1 aromatic carbocycles. The molecule has 23 heavy (non-hydrogen) atoms. The van der Waals surface area contributed by atoms with Crippen molar-refractivity contribution < 1.29 is 9.53 Å². The highest BCUT2D eigenvalue weighted by atomic mass is 32.2. The number of nitrogens with two attached hydrogens (primary N) is 1. The van der Waals surface area contributed by atoms with Gasteiger partial charge in [-0.1, -0.05) is 23.9 Å². The van der Waals surface area contributed by atoms with E-state index in [1.165, 1.54) is 6.92 Å². The van der Waals surface area contributed by atoms with Crippen LogP contribution in [-0.4, -0.2) is 33.6 Å². The number of hydrogen-bond acceptors (Lipinski definition) is 7. The normalized spacial score (nSPS) is 10.3. The molecule has 1 aromatic heterocycles. The first-order chi connectivity index (χ1) is 11.0. The summed E-state index contributed by atoms with van der Waals surface area (Å²) < 4.78 is 5.96. The molecule has 1 heterocycles. The molecule has 0 aliphatic heterocycles. The van der Waals surface area contributed by atoms with E-state index in [1.807, 2.05) is 24.3 Å². The standard InChI is InChI=1S/C14H17N5O3S/c1-9-13(21)19(15)14(18-17-9)23-8-12(20)16-7-10-3-5-11(22-2)6-4-10/h3-6H,7-8,15H2,1-2H3,(H,16,20). The fourth-order valence-corrected chi connectivity index (χ4v) is 2.38. The number of hydrogen-bond donors (Lipinski definition) is 2. The lowest BCUT2D eigenvalue weighted by Gasteiger charge is -2.07. The monoisotopic (exact) mass is 335 g/mol. The van der Waals surface area contributed by atoms with Gasteiger partial charge in [0.05, 0.1) is 12.9 Å². The zero-order chi connectivity index (χ0) is 16.8. The van der Waals surface area contributed by atoms with Gasteiger partial charge in [0.25, 0.3) is 5.56 Å². The molecule has 0 atom stereocenters. The second-order valence-corrected chi connectivity index (χ2v) is 5.60. The molecule has 2 rings (SSSR count). The van der Waals surface area contributed by atoms with Crippen molar-refractivity contribution in [1.82, 2.24) is 20.2 Å². The third-order valence-electron chi connectivity index (χ3n) is 3.00. The Kier molecular flexibility index (Phi) is 5.58. The molecule has 0 saturated carbocycles. The van der Waals surface area contributed by atoms with E-state index in [2.05, 4.69) is 15.5 Å². The van der Waals surface area contributed by atoms with Crippen molar-refractivity contribution in [2.45, 2.75) is 18.6 Å². The van der Waals surface area contributed by atoms with Crippen LogP contribution in [0.4, 0.5) is 0 Å². The molecule has 0 spiro atoms. The summed E-state index contributed by atoms with van der Waals surface area (Å²) in [6.45, 7) is 1.92. The Morgan fingerprint density at radius 2 is 2.04 bits per heavy atom. The van der Waals surface area contributed by atoms with Crippen LogP contribution in [-0.2, 0) is 11.3 Å². The summed E-state index contributed by atoms with van der Waals surface area (Å²) in [4.78, 5) is 23.5. The molecule has 1 amide bonds. The van der Waals surface area contributed by atoms with Crippen LogP contribution in [0.5, 0.6) is 5.75 Å². The highest BCUT2D eigenvalue weighted by Gasteiger charge is 2.10. The number of nitrogens with zero attached hydrogens (tertiary/aromatic N) is 3. The number of benzene rings is 1. The summed E-state index contributed by atoms with van der Waals surface area (Å²) in [7, 11) is 1.60. The van der Waals surface area contributed by atoms with E-state index in [1.54, 1.807) is 7.11 Å². The summed E-state index contributed by atoms with van der Waals surface area (Å²) >= 11 is 1.05. The van der Waals surface area contributed by atoms with Gasteiger partial charge in [-0.3, -0.25) is 9.59 Å². The third-order valence-corrected chi connectivity index (χ3v) is 3.94. The predicted octanol–water partition coefficient (Wildman–Crippen LogP) is 0.0776. The number of thioether (sulfide) groups is 1. The maximum Gasteiger partial charge on any atom is 0.294 e. The molecule has 0 unspecified atom stereocenters. The predicted molar refractivity (Wildman–Crippen MR) is 86.7 cm³/mol. The third kappa shape index (κ3) is 4.46. The van der Waals surface area contributed by atoms with Crippen molar-refractivity contribution >= 4 is 17.7 Å². The Hall–Kier alpha value is -2.55. The van der Waals surface area contributed by atoms with Crippen molar-refractivity contribution in [1.29, 1.82) is 0 Å². The van der Waals surface area contributed by atoms with Crippen molar-refractivity contribution in [3.63, 3.8) is 0 Å². The van der Waals surface area contributed by atoms with Gasteiger partial charge in [-0.2, -0.15) is 4.68 Å². The van der Waals surface area contributed by atoms with Gasteiger partial charge in [0.2, 0.25) is 11.1 Å². The van der Waals surface area contributed by atoms with E-state index in [0.29, 0.717) is 6.54 Å². The molecular weight excluding hydrogens is 318 g/mol. The highest BCUT2D eigenvalue weighted by molar-refractivity contribution is 7.99. The van der Waals surface area contributed by atoms with Crippen LogP contribution < -0.4 is 21.5 Å². The Morgan fingerprint density at radius 3 is 2.70 bits per heavy atom. The number of aryl methyl sites for hydroxylation is 1. The number of nitrogen functional groups attached to an aromatic ring is 1. The van der Waals surface area contributed by atoms with Crippen LogP contribution in [0.15, 0.2) is 34.2 Å². The highest BCUT2D eigenvalue weighted by Crippen LogP contribution is 2.12. The van der Waals surface area contributed by atoms with Crippen molar-refractivity contribution in [2.75, 3.05) is 18.7 Å². The van der Waals surface area contributed by atoms with Crippen LogP contribution in [0, 0.1) is 6.92 Å². The minimum atomic E-state index is -0.429. The zero-order valence-electron chi connectivity index (χ0n) is 12.8. The summed E-state index contributed by atoms with van der Waals surface area (Å²) in [5, 5.41) is 10.5. The van der Waals surface area contributed by atoms with Crippen LogP contribution in [0.25, 0.3) is 0 Å². The SMILES string of the molecule is COc1ccc(CNC(=O)CSc2nnc(C)c(=O)n2N)cc1. The van der Waals surface area contributed by atoms with E-state index in [0.717, 1.165) is 27.8 Å². The Labute approximate surface area is 137 Å². The summed E-state index contributed by atoms with van der Waals surface area (Å²) in [6.07, 6.45) is 0. The van der Waals surface area contributed by atoms with Crippen molar-refractivity contribution in [3.05, 3.63) is 45.9 Å². The van der Waals surface area contributed by atoms with E-state index >= 15 is 0 Å². The Bertz CT molecular complexity index is 745. The van der Waals surface area contributed by atoms with Crippen LogP contribution in [0.3, 0.4) is 0 Å². The van der Waals surface area contributed by atoms with E-state index < -0.39 is 5.56 Å². The Morgan fingerprint density at radius 1 is 1.35 bits per heavy atom. The molecule has 0 fully saturated rings. The Balaban J connectivity index is 1.85. The van der Waals surface area contributed by atoms with Crippen molar-refractivity contribution in [3.8, 4) is 5.75 Å². The van der Waals surface area contributed by atoms with Gasteiger partial charge in [0, 0.05) is 6.54 Å². The molecule has 122 valence electrons. The average molecular weight is 335 g/mol. The fourth-order valence-electron chi connectivity index (χ4n) is 1.69. The first kappa shape index (κ1) is 16.8. The van der Waals surface area contributed by atoms with Gasteiger partial charge in [0.1, 0.15) is 11.4 Å². The zero-order valence-corrected chi connectivity index (χ0v) is 13.6. The number of ether oxygens (including phenoxy) is 1. The number of amides is 1. The smallest absolute Gasteiger partial charge is 0.294 e. The summed E-state index contributed by atoms with van der Waals surface area (Å²) in [5.41, 5.74) is 0.733. The van der Waals surface area contributed by atoms with Crippen LogP contribution in [0.2, 0.25) is 0 Å². The van der Waals surface area contributed by atoms with Gasteiger partial charge in [-0.15, -0.1) is 10.2 Å². The largest absolute Gasteiger partial charge is 0.497 e. The average Bonchev–Trinajstić information content (AvgIpc) is 2.57. The maximum absolute atomic E-state index is 11.8. The number of aromatic nitrogens is 3. The van der Waals surface area contributed by atoms with Gasteiger partial charge in [-0.25, -0.2) is 0 Å². The molecule has 8 nitrogen and oxygen atoms in total. The van der Waals surface area contributed by atoms with Crippen LogP contribution >= 0.6 is 11.8 Å². The van der Waals surface area contributed by atoms with E-state index in [9.17, 15) is 9.59 Å². The van der Waals surface area contributed by atoms with E-state index in [4.69, 9.17) is 10.6 Å². The maximum atomic E-state index is 11.8. The topological polar surface area (TPSA) is 112 Å².